The van der Waals surface area contributed by atoms with Crippen LogP contribution in [0, 0.1) is 0 Å². The van der Waals surface area contributed by atoms with Crippen molar-refractivity contribution in [2.45, 2.75) is 13.0 Å². The molecule has 92 valence electrons. The zero-order valence-electron chi connectivity index (χ0n) is 9.94. The second-order valence-corrected chi connectivity index (χ2v) is 4.19. The van der Waals surface area contributed by atoms with Gasteiger partial charge in [0.05, 0.1) is 6.61 Å². The van der Waals surface area contributed by atoms with Gasteiger partial charge in [-0.25, -0.2) is 0 Å². The van der Waals surface area contributed by atoms with Gasteiger partial charge in [0.2, 0.25) is 5.91 Å². The van der Waals surface area contributed by atoms with Crippen LogP contribution in [-0.4, -0.2) is 25.7 Å². The molecule has 0 aliphatic rings. The van der Waals surface area contributed by atoms with Gasteiger partial charge >= 0.3 is 0 Å². The van der Waals surface area contributed by atoms with Gasteiger partial charge in [-0.1, -0.05) is 23.7 Å². The van der Waals surface area contributed by atoms with Crippen LogP contribution in [0.15, 0.2) is 30.3 Å². The number of methoxy groups -OCH3 is 1. The lowest BCUT2D eigenvalue weighted by molar-refractivity contribution is -0.117. The van der Waals surface area contributed by atoms with Gasteiger partial charge in [0.25, 0.3) is 0 Å². The van der Waals surface area contributed by atoms with Crippen molar-refractivity contribution < 1.29 is 9.53 Å². The van der Waals surface area contributed by atoms with E-state index in [9.17, 15) is 4.79 Å². The third-order valence-electron chi connectivity index (χ3n) is 2.08. The van der Waals surface area contributed by atoms with Gasteiger partial charge in [0, 0.05) is 24.3 Å². The van der Waals surface area contributed by atoms with Crippen LogP contribution in [0.25, 0.3) is 6.08 Å². The predicted octanol–water partition coefficient (Wildman–Crippen LogP) is 2.50. The van der Waals surface area contributed by atoms with E-state index in [1.165, 1.54) is 6.08 Å². The van der Waals surface area contributed by atoms with Gasteiger partial charge in [0.15, 0.2) is 0 Å². The highest BCUT2D eigenvalue weighted by molar-refractivity contribution is 6.30. The van der Waals surface area contributed by atoms with Crippen molar-refractivity contribution in [3.05, 3.63) is 40.9 Å². The van der Waals surface area contributed by atoms with Gasteiger partial charge in [0.1, 0.15) is 0 Å². The highest BCUT2D eigenvalue weighted by Gasteiger charge is 2.03. The second-order valence-electron chi connectivity index (χ2n) is 3.75. The molecule has 1 rings (SSSR count). The van der Waals surface area contributed by atoms with Crippen molar-refractivity contribution in [1.29, 1.82) is 0 Å². The van der Waals surface area contributed by atoms with E-state index < -0.39 is 0 Å². The van der Waals surface area contributed by atoms with E-state index in [0.29, 0.717) is 11.6 Å². The lowest BCUT2D eigenvalue weighted by Gasteiger charge is -2.10. The van der Waals surface area contributed by atoms with E-state index in [4.69, 9.17) is 16.3 Å². The molecule has 0 saturated heterocycles. The summed E-state index contributed by atoms with van der Waals surface area (Å²) >= 11 is 5.83. The van der Waals surface area contributed by atoms with Crippen molar-refractivity contribution in [1.82, 2.24) is 5.32 Å². The van der Waals surface area contributed by atoms with Crippen molar-refractivity contribution in [2.24, 2.45) is 0 Å². The Kier molecular flexibility index (Phi) is 5.73. The molecule has 0 radical (unpaired) electrons. The normalized spacial score (nSPS) is 12.6. The molecule has 0 heterocycles. The minimum absolute atomic E-state index is 0.00323. The summed E-state index contributed by atoms with van der Waals surface area (Å²) in [6.07, 6.45) is 3.21. The largest absolute Gasteiger partial charge is 0.383 e. The Morgan fingerprint density at radius 3 is 3.00 bits per heavy atom. The zero-order chi connectivity index (χ0) is 12.7. The number of hydrogen-bond acceptors (Lipinski definition) is 2. The first-order chi connectivity index (χ1) is 8.11. The van der Waals surface area contributed by atoms with Crippen molar-refractivity contribution in [3.8, 4) is 0 Å². The molecule has 1 N–H and O–H groups in total. The van der Waals surface area contributed by atoms with Gasteiger partial charge in [-0.2, -0.15) is 0 Å². The Balaban J connectivity index is 2.51. The molecule has 1 aromatic carbocycles. The fourth-order valence-corrected chi connectivity index (χ4v) is 1.56. The third kappa shape index (κ3) is 5.52. The Bertz CT molecular complexity index is 404. The Morgan fingerprint density at radius 1 is 1.59 bits per heavy atom. The Morgan fingerprint density at radius 2 is 2.35 bits per heavy atom. The molecule has 4 heteroatoms. The van der Waals surface area contributed by atoms with E-state index in [0.717, 1.165) is 5.56 Å². The number of carbonyl (C=O) groups excluding carboxylic acids is 1. The van der Waals surface area contributed by atoms with Gasteiger partial charge in [-0.15, -0.1) is 0 Å². The summed E-state index contributed by atoms with van der Waals surface area (Å²) in [6.45, 7) is 2.38. The van der Waals surface area contributed by atoms with Crippen LogP contribution in [0.1, 0.15) is 12.5 Å². The molecule has 1 atom stereocenters. The average Bonchev–Trinajstić information content (AvgIpc) is 2.27. The number of benzene rings is 1. The first-order valence-corrected chi connectivity index (χ1v) is 5.72. The lowest BCUT2D eigenvalue weighted by atomic mass is 10.2. The van der Waals surface area contributed by atoms with E-state index >= 15 is 0 Å². The first-order valence-electron chi connectivity index (χ1n) is 5.35. The minimum atomic E-state index is -0.144. The monoisotopic (exact) mass is 253 g/mol. The molecule has 1 amide bonds. The lowest BCUT2D eigenvalue weighted by Crippen LogP contribution is -2.34. The second kappa shape index (κ2) is 7.09. The summed E-state index contributed by atoms with van der Waals surface area (Å²) in [7, 11) is 1.60. The Hall–Kier alpha value is -1.32. The maximum absolute atomic E-state index is 11.5. The van der Waals surface area contributed by atoms with Crippen molar-refractivity contribution in [2.75, 3.05) is 13.7 Å². The molecule has 3 nitrogen and oxygen atoms in total. The number of rotatable bonds is 5. The SMILES string of the molecule is COCC(C)NC(=O)/C=C/c1cccc(Cl)c1. The van der Waals surface area contributed by atoms with Crippen LogP contribution in [0.4, 0.5) is 0 Å². The maximum atomic E-state index is 11.5. The van der Waals surface area contributed by atoms with E-state index in [-0.39, 0.29) is 11.9 Å². The van der Waals surface area contributed by atoms with E-state index in [2.05, 4.69) is 5.32 Å². The number of amides is 1. The van der Waals surface area contributed by atoms with Crippen LogP contribution in [0.5, 0.6) is 0 Å². The van der Waals surface area contributed by atoms with Crippen molar-refractivity contribution in [3.63, 3.8) is 0 Å². The van der Waals surface area contributed by atoms with Crippen LogP contribution >= 0.6 is 11.6 Å². The van der Waals surface area contributed by atoms with Crippen LogP contribution in [0.3, 0.4) is 0 Å². The molecule has 0 saturated carbocycles. The summed E-state index contributed by atoms with van der Waals surface area (Å²) in [5.41, 5.74) is 0.895. The molecule has 0 aliphatic carbocycles. The average molecular weight is 254 g/mol. The molecule has 0 fully saturated rings. The topological polar surface area (TPSA) is 38.3 Å². The van der Waals surface area contributed by atoms with Crippen LogP contribution in [-0.2, 0) is 9.53 Å². The van der Waals surface area contributed by atoms with Gasteiger partial charge < -0.3 is 10.1 Å². The fraction of sp³-hybridized carbons (Fsp3) is 0.308. The Labute approximate surface area is 106 Å². The highest BCUT2D eigenvalue weighted by atomic mass is 35.5. The van der Waals surface area contributed by atoms with Crippen LogP contribution < -0.4 is 5.32 Å². The summed E-state index contributed by atoms with van der Waals surface area (Å²) in [5.74, 6) is -0.144. The molecule has 17 heavy (non-hydrogen) atoms. The van der Waals surface area contributed by atoms with Gasteiger partial charge in [-0.05, 0) is 30.7 Å². The number of carbonyl (C=O) groups is 1. The number of ether oxygens (including phenoxy) is 1. The van der Waals surface area contributed by atoms with Crippen molar-refractivity contribution >= 4 is 23.6 Å². The zero-order valence-corrected chi connectivity index (χ0v) is 10.7. The molecule has 0 aromatic heterocycles. The first kappa shape index (κ1) is 13.7. The summed E-state index contributed by atoms with van der Waals surface area (Å²) < 4.78 is 4.93. The molecule has 0 aliphatic heterocycles. The van der Waals surface area contributed by atoms with Crippen LogP contribution in [0.2, 0.25) is 5.02 Å². The summed E-state index contributed by atoms with van der Waals surface area (Å²) in [4.78, 5) is 11.5. The number of hydrogen-bond donors (Lipinski definition) is 1. The molecule has 0 spiro atoms. The smallest absolute Gasteiger partial charge is 0.244 e. The minimum Gasteiger partial charge on any atom is -0.383 e. The molecule has 1 aromatic rings. The number of nitrogens with one attached hydrogen (secondary N) is 1. The molecular weight excluding hydrogens is 238 g/mol. The quantitative estimate of drug-likeness (QED) is 0.819. The molecule has 0 bridgehead atoms. The maximum Gasteiger partial charge on any atom is 0.244 e. The third-order valence-corrected chi connectivity index (χ3v) is 2.32. The molecule has 1 unspecified atom stereocenters. The molecular formula is C13H16ClNO2. The van der Waals surface area contributed by atoms with Gasteiger partial charge in [-0.3, -0.25) is 4.79 Å². The standard InChI is InChI=1S/C13H16ClNO2/c1-10(9-17-2)15-13(16)7-6-11-4-3-5-12(14)8-11/h3-8,10H,9H2,1-2H3,(H,15,16)/b7-6+. The highest BCUT2D eigenvalue weighted by Crippen LogP contribution is 2.11. The van der Waals surface area contributed by atoms with E-state index in [1.54, 1.807) is 25.3 Å². The number of halogens is 1. The summed E-state index contributed by atoms with van der Waals surface area (Å²) in [6, 6.07) is 7.31. The fourth-order valence-electron chi connectivity index (χ4n) is 1.36. The van der Waals surface area contributed by atoms with E-state index in [1.807, 2.05) is 19.1 Å². The summed E-state index contributed by atoms with van der Waals surface area (Å²) in [5, 5.41) is 3.43. The predicted molar refractivity (Wildman–Crippen MR) is 70.0 cm³/mol.